The van der Waals surface area contributed by atoms with Gasteiger partial charge in [-0.1, -0.05) is 62.3 Å². The quantitative estimate of drug-likeness (QED) is 0.294. The van der Waals surface area contributed by atoms with E-state index in [9.17, 15) is 4.79 Å². The maximum absolute atomic E-state index is 12.2. The molecule has 1 saturated heterocycles. The first-order valence-electron chi connectivity index (χ1n) is 11.1. The van der Waals surface area contributed by atoms with Crippen LogP contribution in [0.5, 0.6) is 0 Å². The van der Waals surface area contributed by atoms with Gasteiger partial charge in [-0.3, -0.25) is 4.79 Å². The summed E-state index contributed by atoms with van der Waals surface area (Å²) in [4.78, 5) is 12.2. The summed E-state index contributed by atoms with van der Waals surface area (Å²) in [7, 11) is -3.66. The van der Waals surface area contributed by atoms with Gasteiger partial charge in [0.1, 0.15) is 6.10 Å². The van der Waals surface area contributed by atoms with Crippen molar-refractivity contribution in [2.24, 2.45) is 0 Å². The Labute approximate surface area is 170 Å². The molecule has 0 saturated carbocycles. The van der Waals surface area contributed by atoms with Gasteiger partial charge in [-0.05, 0) is 34.8 Å². The summed E-state index contributed by atoms with van der Waals surface area (Å²) >= 11 is 0. The van der Waals surface area contributed by atoms with Gasteiger partial charge in [-0.25, -0.2) is 0 Å². The lowest BCUT2D eigenvalue weighted by molar-refractivity contribution is -0.161. The van der Waals surface area contributed by atoms with Crippen LogP contribution < -0.4 is 0 Å². The van der Waals surface area contributed by atoms with E-state index in [2.05, 4.69) is 62.3 Å². The van der Waals surface area contributed by atoms with E-state index in [0.717, 1.165) is 24.6 Å². The molecule has 27 heavy (non-hydrogen) atoms. The normalized spacial score (nSPS) is 22.0. The molecule has 0 aromatic heterocycles. The predicted molar refractivity (Wildman–Crippen MR) is 118 cm³/mol. The molecule has 0 spiro atoms. The van der Waals surface area contributed by atoms with E-state index < -0.39 is 16.6 Å². The molecule has 160 valence electrons. The predicted octanol–water partition coefficient (Wildman–Crippen LogP) is 6.27. The van der Waals surface area contributed by atoms with Crippen molar-refractivity contribution in [2.75, 3.05) is 6.61 Å². The Morgan fingerprint density at radius 1 is 0.963 bits per heavy atom. The minimum Gasteiger partial charge on any atom is -0.460 e. The van der Waals surface area contributed by atoms with E-state index >= 15 is 0 Å². The molecule has 1 aliphatic rings. The fourth-order valence-corrected chi connectivity index (χ4v) is 13.5. The maximum Gasteiger partial charge on any atom is 0.308 e. The number of rotatable bonds is 11. The summed E-state index contributed by atoms with van der Waals surface area (Å²) < 4.78 is 18.9. The third kappa shape index (κ3) is 5.90. The molecule has 0 aromatic rings. The minimum absolute atomic E-state index is 0.000386. The molecule has 1 rings (SSSR count). The first-order chi connectivity index (χ1) is 12.6. The van der Waals surface area contributed by atoms with Crippen molar-refractivity contribution in [3.8, 4) is 0 Å². The highest BCUT2D eigenvalue weighted by Crippen LogP contribution is 2.42. The van der Waals surface area contributed by atoms with Crippen molar-refractivity contribution in [3.63, 3.8) is 0 Å². The standard InChI is InChI=1S/C21H44O4Si2/c1-10-26(11-2,12-3)25-19-13-20(24-21(22)14-19)15-23-27(16(4)5,17(6)7)18(8)9/h16-20H,10-15H2,1-9H3/t19-,20-/m0/s1. The molecule has 0 aliphatic carbocycles. The van der Waals surface area contributed by atoms with Gasteiger partial charge in [0.05, 0.1) is 19.1 Å². The first kappa shape index (κ1) is 24.9. The van der Waals surface area contributed by atoms with Crippen molar-refractivity contribution in [3.05, 3.63) is 0 Å². The fraction of sp³-hybridized carbons (Fsp3) is 0.952. The number of cyclic esters (lactones) is 1. The van der Waals surface area contributed by atoms with Crippen LogP contribution in [0.2, 0.25) is 34.8 Å². The smallest absolute Gasteiger partial charge is 0.308 e. The van der Waals surface area contributed by atoms with Crippen molar-refractivity contribution in [2.45, 2.75) is 122 Å². The summed E-state index contributed by atoms with van der Waals surface area (Å²) in [5, 5.41) is 0. The highest BCUT2D eigenvalue weighted by Gasteiger charge is 2.46. The first-order valence-corrected chi connectivity index (χ1v) is 15.7. The molecule has 1 aliphatic heterocycles. The van der Waals surface area contributed by atoms with Crippen LogP contribution >= 0.6 is 0 Å². The van der Waals surface area contributed by atoms with Gasteiger partial charge in [0.2, 0.25) is 8.32 Å². The third-order valence-electron chi connectivity index (χ3n) is 6.79. The Kier molecular flexibility index (Phi) is 9.72. The van der Waals surface area contributed by atoms with Crippen LogP contribution in [-0.4, -0.2) is 41.4 Å². The third-order valence-corrected chi connectivity index (χ3v) is 17.6. The lowest BCUT2D eigenvalue weighted by Crippen LogP contribution is -2.51. The van der Waals surface area contributed by atoms with E-state index in [-0.39, 0.29) is 18.2 Å². The number of carbonyl (C=O) groups excluding carboxylic acids is 1. The zero-order valence-corrected chi connectivity index (χ0v) is 21.3. The second kappa shape index (κ2) is 10.6. The molecule has 2 atom stereocenters. The van der Waals surface area contributed by atoms with Gasteiger partial charge in [0.25, 0.3) is 0 Å². The van der Waals surface area contributed by atoms with Gasteiger partial charge < -0.3 is 13.6 Å². The van der Waals surface area contributed by atoms with Crippen molar-refractivity contribution in [1.29, 1.82) is 0 Å². The summed E-state index contributed by atoms with van der Waals surface area (Å²) in [5.41, 5.74) is 1.59. The van der Waals surface area contributed by atoms with E-state index in [0.29, 0.717) is 29.7 Å². The molecule has 4 nitrogen and oxygen atoms in total. The minimum atomic E-state index is -1.95. The van der Waals surface area contributed by atoms with Crippen LogP contribution in [0.3, 0.4) is 0 Å². The van der Waals surface area contributed by atoms with E-state index in [4.69, 9.17) is 13.6 Å². The highest BCUT2D eigenvalue weighted by atomic mass is 28.4. The monoisotopic (exact) mass is 416 g/mol. The Hall–Kier alpha value is -0.176. The Balaban J connectivity index is 2.84. The Morgan fingerprint density at radius 2 is 1.44 bits per heavy atom. The molecule has 0 N–H and O–H groups in total. The highest BCUT2D eigenvalue weighted by molar-refractivity contribution is 6.77. The fourth-order valence-electron chi connectivity index (χ4n) is 5.13. The molecule has 1 heterocycles. The molecule has 0 aromatic carbocycles. The van der Waals surface area contributed by atoms with Crippen LogP contribution in [0.4, 0.5) is 0 Å². The summed E-state index contributed by atoms with van der Waals surface area (Å²) in [6.45, 7) is 20.9. The maximum atomic E-state index is 12.2. The van der Waals surface area contributed by atoms with Gasteiger partial charge in [-0.2, -0.15) is 0 Å². The molecule has 0 amide bonds. The lowest BCUT2D eigenvalue weighted by atomic mass is 10.1. The van der Waals surface area contributed by atoms with Gasteiger partial charge in [0, 0.05) is 6.42 Å². The zero-order chi connectivity index (χ0) is 20.8. The van der Waals surface area contributed by atoms with Crippen LogP contribution in [0.1, 0.15) is 75.2 Å². The zero-order valence-electron chi connectivity index (χ0n) is 19.3. The van der Waals surface area contributed by atoms with Crippen molar-refractivity contribution < 1.29 is 18.4 Å². The molecular weight excluding hydrogens is 372 g/mol. The average Bonchev–Trinajstić information content (AvgIpc) is 2.59. The van der Waals surface area contributed by atoms with Gasteiger partial charge in [-0.15, -0.1) is 0 Å². The lowest BCUT2D eigenvalue weighted by Gasteiger charge is -2.43. The Morgan fingerprint density at radius 3 is 1.85 bits per heavy atom. The van der Waals surface area contributed by atoms with Crippen LogP contribution in [0, 0.1) is 0 Å². The Bertz CT molecular complexity index is 431. The molecule has 0 bridgehead atoms. The molecule has 0 radical (unpaired) electrons. The average molecular weight is 417 g/mol. The van der Waals surface area contributed by atoms with Crippen LogP contribution in [0.25, 0.3) is 0 Å². The van der Waals surface area contributed by atoms with E-state index in [1.165, 1.54) is 0 Å². The second-order valence-corrected chi connectivity index (χ2v) is 19.3. The largest absolute Gasteiger partial charge is 0.460 e. The number of ether oxygens (including phenoxy) is 1. The van der Waals surface area contributed by atoms with E-state index in [1.54, 1.807) is 0 Å². The summed E-state index contributed by atoms with van der Waals surface area (Å²) in [6, 6.07) is 3.32. The number of hydrogen-bond donors (Lipinski definition) is 0. The van der Waals surface area contributed by atoms with Crippen LogP contribution in [0.15, 0.2) is 0 Å². The molecule has 6 heteroatoms. The molecule has 1 fully saturated rings. The second-order valence-electron chi connectivity index (χ2n) is 9.16. The number of carbonyl (C=O) groups is 1. The van der Waals surface area contributed by atoms with Crippen molar-refractivity contribution in [1.82, 2.24) is 0 Å². The SMILES string of the molecule is CC[Si](CC)(CC)O[C@@H]1CC(=O)O[C@H](CO[Si](C(C)C)(C(C)C)C(C)C)C1. The number of esters is 1. The molecule has 0 unspecified atom stereocenters. The number of hydrogen-bond acceptors (Lipinski definition) is 4. The van der Waals surface area contributed by atoms with Crippen molar-refractivity contribution >= 4 is 22.6 Å². The molecular formula is C21H44O4Si2. The van der Waals surface area contributed by atoms with Gasteiger partial charge >= 0.3 is 5.97 Å². The van der Waals surface area contributed by atoms with E-state index in [1.807, 2.05) is 0 Å². The van der Waals surface area contributed by atoms with Gasteiger partial charge in [0.15, 0.2) is 8.32 Å². The topological polar surface area (TPSA) is 44.8 Å². The summed E-state index contributed by atoms with van der Waals surface area (Å²) in [6.07, 6.45) is 1.00. The summed E-state index contributed by atoms with van der Waals surface area (Å²) in [5.74, 6) is -0.128. The van der Waals surface area contributed by atoms with Crippen LogP contribution in [-0.2, 0) is 18.4 Å².